The van der Waals surface area contributed by atoms with Crippen molar-refractivity contribution in [3.8, 4) is 34.5 Å². The number of aliphatic hydroxyl groups excluding tert-OH is 3. The largest absolute Gasteiger partial charge is 0.507 e. The van der Waals surface area contributed by atoms with Crippen LogP contribution in [0.25, 0.3) is 0 Å². The van der Waals surface area contributed by atoms with Crippen molar-refractivity contribution in [3.05, 3.63) is 34.9 Å². The van der Waals surface area contributed by atoms with Crippen molar-refractivity contribution < 1.29 is 45.6 Å². The molecule has 0 spiro atoms. The summed E-state index contributed by atoms with van der Waals surface area (Å²) < 4.78 is 6.06. The van der Waals surface area contributed by atoms with Crippen molar-refractivity contribution in [1.82, 2.24) is 0 Å². The predicted molar refractivity (Wildman–Crippen MR) is 121 cm³/mol. The van der Waals surface area contributed by atoms with E-state index in [9.17, 15) is 40.9 Å². The average molecular weight is 487 g/mol. The number of ether oxygens (including phenoxy) is 1. The summed E-state index contributed by atoms with van der Waals surface area (Å²) in [6.07, 6.45) is -2.41. The highest BCUT2D eigenvalue weighted by molar-refractivity contribution is 7.99. The van der Waals surface area contributed by atoms with Gasteiger partial charge in [0.15, 0.2) is 23.4 Å². The van der Waals surface area contributed by atoms with E-state index in [2.05, 4.69) is 0 Å². The van der Waals surface area contributed by atoms with Crippen LogP contribution in [0.1, 0.15) is 40.2 Å². The molecule has 9 nitrogen and oxygen atoms in total. The first-order chi connectivity index (χ1) is 15.2. The zero-order valence-corrected chi connectivity index (χ0v) is 18.8. The number of hydrogen-bond acceptors (Lipinski definition) is 11. The first-order valence-electron chi connectivity index (χ1n) is 9.84. The number of phenols is 5. The Labute approximate surface area is 192 Å². The molecule has 11 heteroatoms. The Morgan fingerprint density at radius 1 is 0.906 bits per heavy atom. The van der Waals surface area contributed by atoms with Gasteiger partial charge in [-0.05, 0) is 19.1 Å². The quantitative estimate of drug-likeness (QED) is 0.257. The summed E-state index contributed by atoms with van der Waals surface area (Å²) in [6.45, 7) is 1.55. The molecule has 1 heterocycles. The molecular formula is C21H26O9S2. The average Bonchev–Trinajstić information content (AvgIpc) is 2.74. The van der Waals surface area contributed by atoms with Gasteiger partial charge in [-0.2, -0.15) is 11.8 Å². The molecule has 32 heavy (non-hydrogen) atoms. The maximum absolute atomic E-state index is 11.1. The van der Waals surface area contributed by atoms with E-state index in [1.54, 1.807) is 6.92 Å². The molecule has 176 valence electrons. The summed E-state index contributed by atoms with van der Waals surface area (Å²) >= 11 is 2.53. The van der Waals surface area contributed by atoms with E-state index in [1.807, 2.05) is 0 Å². The molecule has 0 fully saturated rings. The van der Waals surface area contributed by atoms with Crippen LogP contribution in [0.3, 0.4) is 0 Å². The maximum Gasteiger partial charge on any atom is 0.200 e. The molecule has 1 aliphatic heterocycles. The van der Waals surface area contributed by atoms with Gasteiger partial charge in [-0.1, -0.05) is 0 Å². The smallest absolute Gasteiger partial charge is 0.200 e. The summed E-state index contributed by atoms with van der Waals surface area (Å²) in [5.74, 6) is -1.66. The Morgan fingerprint density at radius 3 is 2.12 bits per heavy atom. The van der Waals surface area contributed by atoms with Crippen LogP contribution >= 0.6 is 23.5 Å². The minimum absolute atomic E-state index is 0.0702. The zero-order chi connectivity index (χ0) is 23.6. The Kier molecular flexibility index (Phi) is 7.78. The Hall–Kier alpha value is -2.18. The van der Waals surface area contributed by atoms with Gasteiger partial charge in [0.2, 0.25) is 0 Å². The number of fused-ring (bicyclic) bond motifs is 1. The molecule has 0 radical (unpaired) electrons. The molecule has 0 amide bonds. The van der Waals surface area contributed by atoms with E-state index in [0.717, 1.165) is 12.1 Å². The molecule has 0 saturated carbocycles. The van der Waals surface area contributed by atoms with Crippen LogP contribution in [-0.4, -0.2) is 71.7 Å². The molecule has 4 atom stereocenters. The van der Waals surface area contributed by atoms with Crippen LogP contribution in [0, 0.1) is 0 Å². The van der Waals surface area contributed by atoms with Crippen LogP contribution in [0.4, 0.5) is 0 Å². The lowest BCUT2D eigenvalue weighted by atomic mass is 9.90. The summed E-state index contributed by atoms with van der Waals surface area (Å²) in [4.78, 5) is 0. The lowest BCUT2D eigenvalue weighted by Gasteiger charge is -2.38. The minimum Gasteiger partial charge on any atom is -0.507 e. The molecule has 0 saturated heterocycles. The van der Waals surface area contributed by atoms with E-state index in [4.69, 9.17) is 4.74 Å². The number of aromatic hydroxyl groups is 5. The molecule has 8 N–H and O–H groups in total. The molecule has 0 aromatic heterocycles. The molecule has 2 aromatic rings. The van der Waals surface area contributed by atoms with Gasteiger partial charge in [0.1, 0.15) is 23.4 Å². The van der Waals surface area contributed by atoms with Gasteiger partial charge in [0.05, 0.1) is 24.0 Å². The lowest BCUT2D eigenvalue weighted by Crippen LogP contribution is -2.34. The standard InChI is InChI=1S/C21H26O9S2/c1-9(31-4-2-22)15-11(24)8-12(25)16-20(15)30-19(18(29)21(16)32-5-3-23)10-6-13(26)17(28)14(27)7-10/h6-9,18-19,21-29H,2-5H2,1H3/t9-,18+,19-,21+/m1/s1. The molecule has 1 aliphatic rings. The Balaban J connectivity index is 2.17. The topological polar surface area (TPSA) is 171 Å². The predicted octanol–water partition coefficient (Wildman–Crippen LogP) is 2.26. The van der Waals surface area contributed by atoms with Gasteiger partial charge in [-0.25, -0.2) is 0 Å². The summed E-state index contributed by atoms with van der Waals surface area (Å²) in [5, 5.41) is 79.2. The van der Waals surface area contributed by atoms with Crippen LogP contribution in [0.2, 0.25) is 0 Å². The Morgan fingerprint density at radius 2 is 1.53 bits per heavy atom. The molecule has 0 unspecified atom stereocenters. The maximum atomic E-state index is 11.1. The first-order valence-corrected chi connectivity index (χ1v) is 11.9. The van der Waals surface area contributed by atoms with Crippen LogP contribution in [0.5, 0.6) is 34.5 Å². The first kappa shape index (κ1) is 24.5. The number of benzene rings is 2. The van der Waals surface area contributed by atoms with Crippen molar-refractivity contribution in [3.63, 3.8) is 0 Å². The normalized spacial score (nSPS) is 21.1. The third-order valence-electron chi connectivity index (χ3n) is 5.14. The lowest BCUT2D eigenvalue weighted by molar-refractivity contribution is 0.0165. The molecule has 0 aliphatic carbocycles. The SMILES string of the molecule is C[C@@H](SCCO)c1c(O)cc(O)c2c1O[C@H](c1cc(O)c(O)c(O)c1)[C@H](O)[C@H]2SCCO. The second-order valence-electron chi connectivity index (χ2n) is 7.26. The van der Waals surface area contributed by atoms with Gasteiger partial charge >= 0.3 is 0 Å². The monoisotopic (exact) mass is 486 g/mol. The van der Waals surface area contributed by atoms with E-state index in [0.29, 0.717) is 11.3 Å². The molecular weight excluding hydrogens is 460 g/mol. The molecule has 2 aromatic carbocycles. The highest BCUT2D eigenvalue weighted by Gasteiger charge is 2.43. The number of thioether (sulfide) groups is 2. The van der Waals surface area contributed by atoms with Gasteiger partial charge in [0, 0.05) is 33.9 Å². The van der Waals surface area contributed by atoms with E-state index in [1.165, 1.54) is 29.6 Å². The fourth-order valence-corrected chi connectivity index (χ4v) is 5.66. The summed E-state index contributed by atoms with van der Waals surface area (Å²) in [5.41, 5.74) is 0.772. The van der Waals surface area contributed by atoms with Crippen molar-refractivity contribution in [2.24, 2.45) is 0 Å². The van der Waals surface area contributed by atoms with Crippen LogP contribution < -0.4 is 4.74 Å². The fraction of sp³-hybridized carbons (Fsp3) is 0.429. The van der Waals surface area contributed by atoms with Gasteiger partial charge in [-0.15, -0.1) is 11.8 Å². The number of aliphatic hydroxyl groups is 3. The zero-order valence-electron chi connectivity index (χ0n) is 17.2. The van der Waals surface area contributed by atoms with E-state index in [-0.39, 0.29) is 52.6 Å². The molecule has 0 bridgehead atoms. The third-order valence-corrected chi connectivity index (χ3v) is 7.59. The second kappa shape index (κ2) is 10.2. The number of rotatable bonds is 8. The fourth-order valence-electron chi connectivity index (χ4n) is 3.71. The van der Waals surface area contributed by atoms with Crippen molar-refractivity contribution >= 4 is 23.5 Å². The van der Waals surface area contributed by atoms with Crippen molar-refractivity contribution in [2.75, 3.05) is 24.7 Å². The third kappa shape index (κ3) is 4.62. The molecule has 3 rings (SSSR count). The minimum atomic E-state index is -1.27. The highest BCUT2D eigenvalue weighted by Crippen LogP contribution is 2.57. The Bertz CT molecular complexity index is 946. The van der Waals surface area contributed by atoms with Crippen molar-refractivity contribution in [2.45, 2.75) is 29.6 Å². The van der Waals surface area contributed by atoms with Crippen LogP contribution in [0.15, 0.2) is 18.2 Å². The van der Waals surface area contributed by atoms with Gasteiger partial charge in [0.25, 0.3) is 0 Å². The van der Waals surface area contributed by atoms with Gasteiger partial charge in [-0.3, -0.25) is 0 Å². The second-order valence-corrected chi connectivity index (χ2v) is 9.96. The van der Waals surface area contributed by atoms with E-state index >= 15 is 0 Å². The number of phenolic OH excluding ortho intramolecular Hbond substituents is 5. The van der Waals surface area contributed by atoms with E-state index < -0.39 is 34.7 Å². The van der Waals surface area contributed by atoms with Crippen LogP contribution in [-0.2, 0) is 0 Å². The number of hydrogen-bond donors (Lipinski definition) is 8. The highest BCUT2D eigenvalue weighted by atomic mass is 32.2. The van der Waals surface area contributed by atoms with Crippen molar-refractivity contribution in [1.29, 1.82) is 0 Å². The van der Waals surface area contributed by atoms with Gasteiger partial charge < -0.3 is 45.6 Å². The summed E-state index contributed by atoms with van der Waals surface area (Å²) in [6, 6.07) is 3.47. The summed E-state index contributed by atoms with van der Waals surface area (Å²) in [7, 11) is 0.